The average molecular weight is 863 g/mol. The van der Waals surface area contributed by atoms with Crippen molar-refractivity contribution in [1.82, 2.24) is 58.9 Å². The van der Waals surface area contributed by atoms with Crippen molar-refractivity contribution in [3.63, 3.8) is 0 Å². The first-order valence-electron chi connectivity index (χ1n) is 20.5. The molecule has 0 unspecified atom stereocenters. The van der Waals surface area contributed by atoms with Gasteiger partial charge in [-0.05, 0) is 52.4 Å². The minimum Gasteiger partial charge on any atom is -0.462 e. The number of nitrogens with zero attached hydrogens (tertiary/aromatic N) is 10. The van der Waals surface area contributed by atoms with E-state index < -0.39 is 18.1 Å². The Bertz CT molecular complexity index is 1440. The molecule has 0 bridgehead atoms. The Morgan fingerprint density at radius 1 is 0.397 bits per heavy atom. The Labute approximate surface area is 346 Å². The van der Waals surface area contributed by atoms with Crippen LogP contribution in [-0.2, 0) is 18.1 Å². The maximum Gasteiger partial charge on any atom is 0.331 e. The number of aromatic nitrogens is 6. The van der Waals surface area contributed by atoms with E-state index in [0.29, 0.717) is 51.3 Å². The molecule has 0 atom stereocenters. The molecule has 6 N–H and O–H groups in total. The molecule has 0 aliphatic heterocycles. The molecule has 0 fully saturated rings. The van der Waals surface area contributed by atoms with Crippen molar-refractivity contribution in [3.8, 4) is 12.0 Å². The van der Waals surface area contributed by atoms with Crippen molar-refractivity contribution < 1.29 is 26.3 Å². The van der Waals surface area contributed by atoms with Gasteiger partial charge < -0.3 is 50.3 Å². The van der Waals surface area contributed by atoms with Crippen LogP contribution in [0.15, 0.2) is 0 Å². The molecular weight excluding hydrogens is 793 g/mol. The third kappa shape index (κ3) is 19.0. The van der Waals surface area contributed by atoms with E-state index in [9.17, 15) is 16.8 Å². The van der Waals surface area contributed by atoms with Gasteiger partial charge in [-0.3, -0.25) is 0 Å². The van der Waals surface area contributed by atoms with Crippen molar-refractivity contribution in [1.29, 1.82) is 0 Å². The topological polar surface area (TPSA) is 249 Å². The van der Waals surface area contributed by atoms with Crippen LogP contribution in [0.1, 0.15) is 55.4 Å². The maximum atomic E-state index is 12.8. The molecule has 2 aromatic heterocycles. The van der Waals surface area contributed by atoms with Crippen LogP contribution in [0.5, 0.6) is 12.0 Å². The van der Waals surface area contributed by atoms with Gasteiger partial charge in [0, 0.05) is 65.4 Å². The van der Waals surface area contributed by atoms with Crippen LogP contribution >= 0.6 is 0 Å². The SMILES string of the molecule is CCN(CC)CCNc1nc(NCCNS(=O)(=O)S(=O)(=O)NCCNc2nc(NCCN(CC)CC)nc(OCCN(CC)CC)n2)nc(OCCN(CC)CC)n1. The molecule has 22 nitrogen and oxygen atoms in total. The van der Waals surface area contributed by atoms with E-state index in [-0.39, 0.29) is 50.1 Å². The van der Waals surface area contributed by atoms with E-state index >= 15 is 0 Å². The first-order chi connectivity index (χ1) is 27.9. The molecule has 24 heteroatoms. The molecule has 2 aromatic rings. The molecule has 2 rings (SSSR count). The second kappa shape index (κ2) is 28.0. The minimum atomic E-state index is -4.82. The summed E-state index contributed by atoms with van der Waals surface area (Å²) in [5.74, 6) is 0.870. The highest BCUT2D eigenvalue weighted by atomic mass is 33.2. The van der Waals surface area contributed by atoms with Crippen LogP contribution in [0.3, 0.4) is 0 Å². The molecule has 0 aliphatic carbocycles. The lowest BCUT2D eigenvalue weighted by atomic mass is 10.4. The molecule has 58 heavy (non-hydrogen) atoms. The zero-order valence-corrected chi connectivity index (χ0v) is 37.5. The van der Waals surface area contributed by atoms with Crippen LogP contribution in [0, 0.1) is 0 Å². The summed E-state index contributed by atoms with van der Waals surface area (Å²) in [6.45, 7) is 28.0. The van der Waals surface area contributed by atoms with Crippen LogP contribution in [0.2, 0.25) is 0 Å². The summed E-state index contributed by atoms with van der Waals surface area (Å²) >= 11 is 0. The van der Waals surface area contributed by atoms with Gasteiger partial charge in [0.05, 0.1) is 0 Å². The van der Waals surface area contributed by atoms with Crippen molar-refractivity contribution in [2.24, 2.45) is 0 Å². The maximum absolute atomic E-state index is 12.8. The van der Waals surface area contributed by atoms with Gasteiger partial charge in [0.15, 0.2) is 0 Å². The summed E-state index contributed by atoms with van der Waals surface area (Å²) in [6.07, 6.45) is 0. The molecule has 0 saturated carbocycles. The van der Waals surface area contributed by atoms with Gasteiger partial charge in [-0.1, -0.05) is 55.4 Å². The number of likely N-dealkylation sites (N-methyl/N-ethyl adjacent to an activating group) is 4. The number of nitrogens with one attached hydrogen (secondary N) is 6. The summed E-state index contributed by atoms with van der Waals surface area (Å²) < 4.78 is 67.1. The Kier molecular flexibility index (Phi) is 24.5. The van der Waals surface area contributed by atoms with Gasteiger partial charge in [0.2, 0.25) is 23.8 Å². The van der Waals surface area contributed by atoms with E-state index in [4.69, 9.17) is 9.47 Å². The summed E-state index contributed by atoms with van der Waals surface area (Å²) in [5, 5.41) is 12.2. The molecule has 0 aromatic carbocycles. The predicted octanol–water partition coefficient (Wildman–Crippen LogP) is 0.283. The normalized spacial score (nSPS) is 12.1. The van der Waals surface area contributed by atoms with E-state index in [1.165, 1.54) is 0 Å². The Hall–Kier alpha value is -3.52. The van der Waals surface area contributed by atoms with Gasteiger partial charge >= 0.3 is 30.1 Å². The summed E-state index contributed by atoms with van der Waals surface area (Å²) in [5.41, 5.74) is 0. The van der Waals surface area contributed by atoms with Crippen molar-refractivity contribution >= 4 is 41.9 Å². The molecule has 334 valence electrons. The molecule has 0 saturated heterocycles. The van der Waals surface area contributed by atoms with Crippen molar-refractivity contribution in [2.45, 2.75) is 55.4 Å². The van der Waals surface area contributed by atoms with E-state index in [1.807, 2.05) is 0 Å². The highest BCUT2D eigenvalue weighted by molar-refractivity contribution is 8.65. The zero-order valence-electron chi connectivity index (χ0n) is 35.9. The fraction of sp³-hybridized carbons (Fsp3) is 0.824. The monoisotopic (exact) mass is 863 g/mol. The van der Waals surface area contributed by atoms with Crippen LogP contribution < -0.4 is 40.2 Å². The standard InChI is InChI=1S/C34H70N16O6S2/c1-9-47(10-2)23-21-37-31-41-29(43-33(45-31)55-27-25-49(13-5)14-6)35-17-19-39-57(51,52)58(53,54)40-20-18-36-30-42-32(38-22-24-48(11-3)12-4)46-34(44-30)56-28-26-50(15-7)16-8/h39-40H,9-28H2,1-8H3,(H2,35,37,41,43,45)(H2,36,38,42,44,46). The van der Waals surface area contributed by atoms with Gasteiger partial charge in [0.25, 0.3) is 0 Å². The first kappa shape index (κ1) is 50.6. The van der Waals surface area contributed by atoms with Crippen molar-refractivity contribution in [3.05, 3.63) is 0 Å². The second-order valence-electron chi connectivity index (χ2n) is 12.7. The van der Waals surface area contributed by atoms with Crippen molar-refractivity contribution in [2.75, 3.05) is 152 Å². The Morgan fingerprint density at radius 3 is 0.966 bits per heavy atom. The summed E-state index contributed by atoms with van der Waals surface area (Å²) in [7, 11) is -9.64. The van der Waals surface area contributed by atoms with Crippen LogP contribution in [-0.4, -0.2) is 197 Å². The fourth-order valence-electron chi connectivity index (χ4n) is 5.36. The minimum absolute atomic E-state index is 0.0257. The van der Waals surface area contributed by atoms with Gasteiger partial charge in [0.1, 0.15) is 13.2 Å². The predicted molar refractivity (Wildman–Crippen MR) is 230 cm³/mol. The highest BCUT2D eigenvalue weighted by Gasteiger charge is 2.28. The second-order valence-corrected chi connectivity index (χ2v) is 17.8. The van der Waals surface area contributed by atoms with E-state index in [1.54, 1.807) is 0 Å². The molecule has 0 amide bonds. The molecule has 2 heterocycles. The number of anilines is 4. The lowest BCUT2D eigenvalue weighted by molar-refractivity contribution is 0.212. The highest BCUT2D eigenvalue weighted by Crippen LogP contribution is 2.13. The van der Waals surface area contributed by atoms with Crippen LogP contribution in [0.25, 0.3) is 0 Å². The van der Waals surface area contributed by atoms with Gasteiger partial charge in [-0.15, -0.1) is 0 Å². The number of hydrogen-bond acceptors (Lipinski definition) is 20. The molecular formula is C34H70N16O6S2. The lowest BCUT2D eigenvalue weighted by Gasteiger charge is -2.19. The van der Waals surface area contributed by atoms with E-state index in [2.05, 4.69) is 136 Å². The fourth-order valence-corrected chi connectivity index (χ4v) is 7.80. The average Bonchev–Trinajstić information content (AvgIpc) is 3.21. The lowest BCUT2D eigenvalue weighted by Crippen LogP contribution is -2.42. The Balaban J connectivity index is 1.98. The molecule has 0 spiro atoms. The third-order valence-corrected chi connectivity index (χ3v) is 13.3. The zero-order chi connectivity index (χ0) is 42.8. The third-order valence-electron chi connectivity index (χ3n) is 9.17. The number of hydrogen-bond donors (Lipinski definition) is 6. The van der Waals surface area contributed by atoms with Gasteiger partial charge in [-0.2, -0.15) is 56.2 Å². The smallest absolute Gasteiger partial charge is 0.331 e. The largest absolute Gasteiger partial charge is 0.462 e. The van der Waals surface area contributed by atoms with E-state index in [0.717, 1.165) is 65.4 Å². The quantitative estimate of drug-likeness (QED) is 0.0402. The number of ether oxygens (including phenoxy) is 2. The number of rotatable bonds is 35. The first-order valence-corrected chi connectivity index (χ1v) is 24.0. The summed E-state index contributed by atoms with van der Waals surface area (Å²) in [4.78, 5) is 35.1. The molecule has 0 radical (unpaired) electrons. The summed E-state index contributed by atoms with van der Waals surface area (Å²) in [6, 6.07) is 0.213. The Morgan fingerprint density at radius 2 is 0.672 bits per heavy atom. The van der Waals surface area contributed by atoms with Crippen LogP contribution in [0.4, 0.5) is 23.8 Å². The van der Waals surface area contributed by atoms with Gasteiger partial charge in [-0.25, -0.2) is 0 Å². The molecule has 0 aliphatic rings.